The second kappa shape index (κ2) is 9.53. The van der Waals surface area contributed by atoms with Crippen LogP contribution in [0.2, 0.25) is 0 Å². The van der Waals surface area contributed by atoms with E-state index in [-0.39, 0.29) is 36.2 Å². The first-order valence-electron chi connectivity index (χ1n) is 13.1. The number of likely N-dealkylation sites (N-methyl/N-ethyl adjacent to an activating group) is 1. The highest BCUT2D eigenvalue weighted by molar-refractivity contribution is 6.40. The molecule has 0 aromatic heterocycles. The summed E-state index contributed by atoms with van der Waals surface area (Å²) in [5, 5.41) is 27.7. The molecule has 4 aliphatic carbocycles. The molecule has 12 nitrogen and oxygen atoms in total. The summed E-state index contributed by atoms with van der Waals surface area (Å²) in [6, 6.07) is 2.08. The number of anilines is 1. The number of phenols is 1. The monoisotopic (exact) mass is 540 g/mol. The molecular weight excluding hydrogens is 508 g/mol. The lowest BCUT2D eigenvalue weighted by Crippen LogP contribution is -2.73. The molecule has 0 heterocycles. The van der Waals surface area contributed by atoms with Gasteiger partial charge in [0.1, 0.15) is 5.75 Å². The summed E-state index contributed by atoms with van der Waals surface area (Å²) in [5.41, 5.74) is 3.85. The number of ketones is 3. The number of nitrogens with zero attached hydrogens (tertiary/aromatic N) is 1. The molecule has 5 unspecified atom stereocenters. The van der Waals surface area contributed by atoms with Crippen LogP contribution in [0.1, 0.15) is 36.8 Å². The number of carbonyl (C=O) groups excluding carboxylic acids is 6. The molecule has 3 fully saturated rings. The molecule has 5 rings (SSSR count). The largest absolute Gasteiger partial charge is 0.505 e. The average molecular weight is 541 g/mol. The van der Waals surface area contributed by atoms with Gasteiger partial charge in [-0.15, -0.1) is 0 Å². The molecule has 0 aliphatic heterocycles. The molecule has 0 spiro atoms. The van der Waals surface area contributed by atoms with E-state index in [1.807, 2.05) is 0 Å². The Kier molecular flexibility index (Phi) is 6.58. The third-order valence-corrected chi connectivity index (χ3v) is 8.99. The maximum atomic E-state index is 13.8. The van der Waals surface area contributed by atoms with E-state index in [0.717, 1.165) is 19.3 Å². The lowest BCUT2D eigenvalue weighted by Gasteiger charge is -2.53. The van der Waals surface area contributed by atoms with Gasteiger partial charge in [0.15, 0.2) is 28.9 Å². The van der Waals surface area contributed by atoms with E-state index in [2.05, 4.69) is 10.6 Å². The van der Waals surface area contributed by atoms with Gasteiger partial charge in [0.25, 0.3) is 0 Å². The molecule has 6 N–H and O–H groups in total. The van der Waals surface area contributed by atoms with Crippen molar-refractivity contribution in [1.29, 1.82) is 0 Å². The quantitative estimate of drug-likeness (QED) is 0.178. The highest BCUT2D eigenvalue weighted by Crippen LogP contribution is 2.51. The van der Waals surface area contributed by atoms with Gasteiger partial charge in [-0.3, -0.25) is 33.7 Å². The molecule has 39 heavy (non-hydrogen) atoms. The lowest BCUT2D eigenvalue weighted by atomic mass is 9.52. The number of carbonyl (C=O) groups is 6. The third kappa shape index (κ3) is 4.13. The van der Waals surface area contributed by atoms with E-state index >= 15 is 0 Å². The van der Waals surface area contributed by atoms with Gasteiger partial charge in [-0.2, -0.15) is 0 Å². The van der Waals surface area contributed by atoms with Crippen molar-refractivity contribution in [3.63, 3.8) is 0 Å². The Balaban J connectivity index is 1.44. The molecule has 0 bridgehead atoms. The van der Waals surface area contributed by atoms with Gasteiger partial charge < -0.3 is 26.6 Å². The number of aliphatic hydroxyl groups is 1. The molecule has 4 aliphatic rings. The highest BCUT2D eigenvalue weighted by atomic mass is 16.3. The summed E-state index contributed by atoms with van der Waals surface area (Å²) >= 11 is 0. The van der Waals surface area contributed by atoms with Crippen molar-refractivity contribution in [1.82, 2.24) is 10.2 Å². The van der Waals surface area contributed by atoms with Crippen LogP contribution < -0.4 is 16.4 Å². The zero-order chi connectivity index (χ0) is 28.4. The topological polar surface area (TPSA) is 196 Å². The summed E-state index contributed by atoms with van der Waals surface area (Å²) < 4.78 is 0. The normalized spacial score (nSPS) is 32.0. The van der Waals surface area contributed by atoms with Crippen molar-refractivity contribution in [2.45, 2.75) is 56.2 Å². The van der Waals surface area contributed by atoms with Crippen molar-refractivity contribution in [3.8, 4) is 5.75 Å². The van der Waals surface area contributed by atoms with Crippen molar-refractivity contribution in [2.75, 3.05) is 19.4 Å². The van der Waals surface area contributed by atoms with E-state index < -0.39 is 64.5 Å². The van der Waals surface area contributed by atoms with Crippen molar-refractivity contribution < 1.29 is 39.0 Å². The smallest absolute Gasteiger partial charge is 0.313 e. The van der Waals surface area contributed by atoms with Crippen LogP contribution in [0.5, 0.6) is 5.75 Å². The number of nitrogens with two attached hydrogens (primary N) is 1. The van der Waals surface area contributed by atoms with Gasteiger partial charge in [-0.05, 0) is 75.7 Å². The minimum absolute atomic E-state index is 0.00149. The molecule has 0 saturated heterocycles. The van der Waals surface area contributed by atoms with Crippen LogP contribution in [0.4, 0.5) is 5.69 Å². The maximum Gasteiger partial charge on any atom is 0.313 e. The predicted molar refractivity (Wildman–Crippen MR) is 135 cm³/mol. The number of hydrogen-bond acceptors (Lipinski definition) is 9. The lowest BCUT2D eigenvalue weighted by molar-refractivity contribution is -0.183. The number of nitrogens with one attached hydrogen (secondary N) is 2. The fraction of sp³-hybridized carbons (Fsp3) is 0.556. The van der Waals surface area contributed by atoms with Crippen LogP contribution >= 0.6 is 0 Å². The Morgan fingerprint density at radius 1 is 1.05 bits per heavy atom. The van der Waals surface area contributed by atoms with Gasteiger partial charge >= 0.3 is 11.8 Å². The third-order valence-electron chi connectivity index (χ3n) is 8.99. The number of aromatic hydroxyl groups is 1. The fourth-order valence-electron chi connectivity index (χ4n) is 6.77. The minimum Gasteiger partial charge on any atom is -0.505 e. The van der Waals surface area contributed by atoms with Crippen LogP contribution in [0.3, 0.4) is 0 Å². The Hall–Kier alpha value is -3.64. The molecular formula is C27H32N4O8. The van der Waals surface area contributed by atoms with Gasteiger partial charge in [0.05, 0.1) is 11.7 Å². The molecule has 6 atom stereocenters. The van der Waals surface area contributed by atoms with E-state index in [0.29, 0.717) is 17.5 Å². The number of fused-ring (bicyclic) bond motifs is 3. The Morgan fingerprint density at radius 2 is 1.74 bits per heavy atom. The fourth-order valence-corrected chi connectivity index (χ4v) is 6.77. The molecule has 12 heteroatoms. The van der Waals surface area contributed by atoms with Crippen molar-refractivity contribution in [3.05, 3.63) is 23.3 Å². The number of benzene rings is 1. The minimum atomic E-state index is -2.58. The summed E-state index contributed by atoms with van der Waals surface area (Å²) in [6.07, 6.45) is 3.05. The van der Waals surface area contributed by atoms with Gasteiger partial charge in [-0.25, -0.2) is 0 Å². The molecule has 3 saturated carbocycles. The van der Waals surface area contributed by atoms with Crippen LogP contribution in [0.25, 0.3) is 0 Å². The zero-order valence-corrected chi connectivity index (χ0v) is 21.7. The van der Waals surface area contributed by atoms with Crippen molar-refractivity contribution >= 4 is 40.8 Å². The van der Waals surface area contributed by atoms with Gasteiger partial charge in [-0.1, -0.05) is 6.07 Å². The second-order valence-corrected chi connectivity index (χ2v) is 11.4. The average Bonchev–Trinajstić information content (AvgIpc) is 2.84. The van der Waals surface area contributed by atoms with Crippen LogP contribution in [0, 0.1) is 23.7 Å². The summed E-state index contributed by atoms with van der Waals surface area (Å²) in [7, 11) is 3.15. The van der Waals surface area contributed by atoms with Crippen LogP contribution in [-0.4, -0.2) is 82.0 Å². The Bertz CT molecular complexity index is 1300. The van der Waals surface area contributed by atoms with E-state index in [4.69, 9.17) is 5.73 Å². The molecule has 208 valence electrons. The Morgan fingerprint density at radius 3 is 2.33 bits per heavy atom. The van der Waals surface area contributed by atoms with Crippen molar-refractivity contribution in [2.24, 2.45) is 29.4 Å². The summed E-state index contributed by atoms with van der Waals surface area (Å²) in [6.45, 7) is 0. The molecule has 0 radical (unpaired) electrons. The standard InChI is InChI=1S/C27H32N4O8/c1-31(2)19-16-9-12-8-11-6-7-17(30-26(38)25(37)29-13-4-3-5-13)20(32)14(11)10-15(12)22(34)27(16,39)23(35)18(21(19)33)24(28)36/h6-7,12-13,15-16,18-19,32,39H,3-5,8-10H2,1-2H3,(H2,28,36)(H,29,37)(H,30,38)/t12?,15?,16?,18?,19-,27?/m0/s1. The maximum absolute atomic E-state index is 13.8. The Labute approximate surface area is 224 Å². The van der Waals surface area contributed by atoms with Gasteiger partial charge in [0, 0.05) is 17.9 Å². The highest BCUT2D eigenvalue weighted by Gasteiger charge is 2.68. The predicted octanol–water partition coefficient (Wildman–Crippen LogP) is -1.17. The number of hydrogen-bond donors (Lipinski definition) is 5. The first-order valence-corrected chi connectivity index (χ1v) is 13.1. The van der Waals surface area contributed by atoms with E-state index in [1.165, 1.54) is 11.0 Å². The molecule has 1 aromatic rings. The van der Waals surface area contributed by atoms with Crippen LogP contribution in [0.15, 0.2) is 12.1 Å². The number of Topliss-reactive ketones (excluding diaryl/α,β-unsaturated/α-hetero) is 3. The first-order chi connectivity index (χ1) is 18.4. The molecule has 1 aromatic carbocycles. The number of phenolic OH excluding ortho intramolecular Hbond substituents is 1. The van der Waals surface area contributed by atoms with E-state index in [1.54, 1.807) is 20.2 Å². The SMILES string of the molecule is CN(C)[C@@H]1C(=O)C(C(N)=O)C(=O)C2(O)C(=O)C3Cc4c(ccc(NC(=O)C(=O)NC5CCC5)c4O)CC3CC12. The summed E-state index contributed by atoms with van der Waals surface area (Å²) in [5.74, 6) is -10.2. The number of primary amides is 1. The van der Waals surface area contributed by atoms with E-state index in [9.17, 15) is 39.0 Å². The van der Waals surface area contributed by atoms with Gasteiger partial charge in [0.2, 0.25) is 5.91 Å². The number of rotatable bonds is 4. The summed E-state index contributed by atoms with van der Waals surface area (Å²) in [4.78, 5) is 78.3. The molecule has 3 amide bonds. The number of amides is 3. The van der Waals surface area contributed by atoms with Crippen LogP contribution in [-0.2, 0) is 41.6 Å². The zero-order valence-electron chi connectivity index (χ0n) is 21.7. The second-order valence-electron chi connectivity index (χ2n) is 11.4. The first kappa shape index (κ1) is 26.9.